The molecule has 10 heavy (non-hydrogen) atoms. The van der Waals surface area contributed by atoms with Crippen molar-refractivity contribution in [3.05, 3.63) is 0 Å². The Morgan fingerprint density at radius 3 is 2.40 bits per heavy atom. The molecule has 1 aliphatic rings. The Balaban J connectivity index is 2.49. The number of hydrogen-bond acceptors (Lipinski definition) is 3. The van der Waals surface area contributed by atoms with Crippen molar-refractivity contribution in [3.63, 3.8) is 0 Å². The van der Waals surface area contributed by atoms with Gasteiger partial charge in [-0.05, 0) is 20.3 Å². The molecular formula is C7H15NO2. The van der Waals surface area contributed by atoms with Crippen LogP contribution in [0, 0.1) is 0 Å². The molecule has 1 fully saturated rings. The van der Waals surface area contributed by atoms with Crippen molar-refractivity contribution in [3.8, 4) is 0 Å². The summed E-state index contributed by atoms with van der Waals surface area (Å²) in [5.74, 6) is 0. The predicted molar refractivity (Wildman–Crippen MR) is 38.7 cm³/mol. The first-order valence-corrected chi connectivity index (χ1v) is 3.73. The second kappa shape index (κ2) is 2.86. The lowest BCUT2D eigenvalue weighted by molar-refractivity contribution is -0.0329. The van der Waals surface area contributed by atoms with E-state index < -0.39 is 12.2 Å². The minimum absolute atomic E-state index is 0.0127. The third kappa shape index (κ3) is 1.48. The van der Waals surface area contributed by atoms with E-state index in [0.29, 0.717) is 12.5 Å². The lowest BCUT2D eigenvalue weighted by atomic mass is 9.95. The first kappa shape index (κ1) is 7.98. The van der Waals surface area contributed by atoms with Gasteiger partial charge in [0.15, 0.2) is 0 Å². The summed E-state index contributed by atoms with van der Waals surface area (Å²) in [6.45, 7) is 3.88. The van der Waals surface area contributed by atoms with E-state index in [1.165, 1.54) is 0 Å². The molecule has 60 valence electrons. The molecule has 0 bridgehead atoms. The van der Waals surface area contributed by atoms with Crippen molar-refractivity contribution in [1.29, 1.82) is 0 Å². The van der Waals surface area contributed by atoms with E-state index in [4.69, 9.17) is 0 Å². The van der Waals surface area contributed by atoms with Gasteiger partial charge in [-0.1, -0.05) is 0 Å². The fraction of sp³-hybridized carbons (Fsp3) is 1.00. The van der Waals surface area contributed by atoms with Gasteiger partial charge in [0.1, 0.15) is 0 Å². The van der Waals surface area contributed by atoms with Crippen LogP contribution in [0.3, 0.4) is 0 Å². The molecule has 4 atom stereocenters. The van der Waals surface area contributed by atoms with Crippen LogP contribution in [0.1, 0.15) is 20.3 Å². The Kier molecular flexibility index (Phi) is 2.28. The van der Waals surface area contributed by atoms with Gasteiger partial charge in [-0.25, -0.2) is 0 Å². The van der Waals surface area contributed by atoms with Crippen molar-refractivity contribution in [2.24, 2.45) is 0 Å². The Bertz CT molecular complexity index is 106. The molecule has 3 nitrogen and oxygen atoms in total. The van der Waals surface area contributed by atoms with Crippen LogP contribution in [-0.2, 0) is 0 Å². The molecule has 1 saturated heterocycles. The van der Waals surface area contributed by atoms with Crippen LogP contribution in [0.15, 0.2) is 0 Å². The van der Waals surface area contributed by atoms with Crippen LogP contribution >= 0.6 is 0 Å². The summed E-state index contributed by atoms with van der Waals surface area (Å²) in [6.07, 6.45) is -0.506. The van der Waals surface area contributed by atoms with Crippen LogP contribution < -0.4 is 5.32 Å². The molecule has 0 saturated carbocycles. The van der Waals surface area contributed by atoms with Gasteiger partial charge in [-0.3, -0.25) is 0 Å². The Morgan fingerprint density at radius 1 is 1.30 bits per heavy atom. The normalized spacial score (nSPS) is 49.2. The van der Waals surface area contributed by atoms with Gasteiger partial charge in [-0.2, -0.15) is 0 Å². The zero-order chi connectivity index (χ0) is 7.72. The number of piperidine rings is 1. The summed E-state index contributed by atoms with van der Waals surface area (Å²) < 4.78 is 0. The number of aliphatic hydroxyl groups is 2. The maximum absolute atomic E-state index is 9.25. The average Bonchev–Trinajstić information content (AvgIpc) is 1.82. The van der Waals surface area contributed by atoms with Crippen molar-refractivity contribution in [2.75, 3.05) is 0 Å². The Labute approximate surface area is 61.1 Å². The zero-order valence-corrected chi connectivity index (χ0v) is 6.41. The molecule has 1 heterocycles. The fourth-order valence-corrected chi connectivity index (χ4v) is 1.45. The minimum atomic E-state index is -0.601. The van der Waals surface area contributed by atoms with Crippen molar-refractivity contribution in [2.45, 2.75) is 44.6 Å². The highest BCUT2D eigenvalue weighted by molar-refractivity contribution is 4.87. The summed E-state index contributed by atoms with van der Waals surface area (Å²) >= 11 is 0. The highest BCUT2D eigenvalue weighted by Gasteiger charge is 2.30. The van der Waals surface area contributed by atoms with E-state index in [2.05, 4.69) is 5.32 Å². The van der Waals surface area contributed by atoms with Gasteiger partial charge >= 0.3 is 0 Å². The van der Waals surface area contributed by atoms with Crippen LogP contribution in [0.2, 0.25) is 0 Å². The van der Waals surface area contributed by atoms with Crippen molar-refractivity contribution in [1.82, 2.24) is 5.32 Å². The average molecular weight is 145 g/mol. The Hall–Kier alpha value is -0.120. The van der Waals surface area contributed by atoms with Gasteiger partial charge in [0.25, 0.3) is 0 Å². The van der Waals surface area contributed by atoms with Crippen LogP contribution in [0.5, 0.6) is 0 Å². The highest BCUT2D eigenvalue weighted by Crippen LogP contribution is 2.13. The summed E-state index contributed by atoms with van der Waals surface area (Å²) in [7, 11) is 0. The monoisotopic (exact) mass is 145 g/mol. The molecule has 3 heteroatoms. The van der Waals surface area contributed by atoms with E-state index in [-0.39, 0.29) is 6.04 Å². The molecule has 1 rings (SSSR count). The van der Waals surface area contributed by atoms with Gasteiger partial charge in [0, 0.05) is 12.1 Å². The summed E-state index contributed by atoms with van der Waals surface area (Å²) in [4.78, 5) is 0. The third-order valence-corrected chi connectivity index (χ3v) is 2.05. The molecule has 3 N–H and O–H groups in total. The quantitative estimate of drug-likeness (QED) is 0.430. The number of aliphatic hydroxyl groups excluding tert-OH is 2. The number of hydrogen-bond donors (Lipinski definition) is 3. The largest absolute Gasteiger partial charge is 0.390 e. The van der Waals surface area contributed by atoms with Gasteiger partial charge in [-0.15, -0.1) is 0 Å². The maximum Gasteiger partial charge on any atom is 0.0949 e. The molecule has 0 aromatic rings. The fourth-order valence-electron chi connectivity index (χ4n) is 1.45. The second-order valence-electron chi connectivity index (χ2n) is 3.15. The zero-order valence-electron chi connectivity index (χ0n) is 6.41. The van der Waals surface area contributed by atoms with Crippen molar-refractivity contribution >= 4 is 0 Å². The van der Waals surface area contributed by atoms with E-state index in [0.717, 1.165) is 0 Å². The topological polar surface area (TPSA) is 52.5 Å². The highest BCUT2D eigenvalue weighted by atomic mass is 16.3. The SMILES string of the molecule is C[C@@H]1C[C@H](O)[C@@H](O)[C@@H](C)N1. The summed E-state index contributed by atoms with van der Waals surface area (Å²) in [5, 5.41) is 21.6. The first-order chi connectivity index (χ1) is 4.61. The summed E-state index contributed by atoms with van der Waals surface area (Å²) in [6, 6.07) is 0.326. The standard InChI is InChI=1S/C7H15NO2/c1-4-3-6(9)7(10)5(2)8-4/h4-10H,3H2,1-2H3/t4-,5-,6+,7+/m1/s1. The molecule has 0 radical (unpaired) electrons. The van der Waals surface area contributed by atoms with E-state index in [1.807, 2.05) is 13.8 Å². The van der Waals surface area contributed by atoms with Gasteiger partial charge in [0.05, 0.1) is 12.2 Å². The molecule has 0 aromatic heterocycles. The van der Waals surface area contributed by atoms with Crippen LogP contribution in [-0.4, -0.2) is 34.5 Å². The van der Waals surface area contributed by atoms with E-state index in [9.17, 15) is 10.2 Å². The molecule has 0 aromatic carbocycles. The lowest BCUT2D eigenvalue weighted by Gasteiger charge is -2.34. The number of nitrogens with one attached hydrogen (secondary N) is 1. The minimum Gasteiger partial charge on any atom is -0.390 e. The Morgan fingerprint density at radius 2 is 1.90 bits per heavy atom. The second-order valence-corrected chi connectivity index (χ2v) is 3.15. The molecule has 0 unspecified atom stereocenters. The van der Waals surface area contributed by atoms with Gasteiger partial charge in [0.2, 0.25) is 0 Å². The van der Waals surface area contributed by atoms with Crippen LogP contribution in [0.4, 0.5) is 0 Å². The van der Waals surface area contributed by atoms with E-state index in [1.54, 1.807) is 0 Å². The first-order valence-electron chi connectivity index (χ1n) is 3.73. The number of rotatable bonds is 0. The smallest absolute Gasteiger partial charge is 0.0949 e. The van der Waals surface area contributed by atoms with Crippen LogP contribution in [0.25, 0.3) is 0 Å². The molecule has 1 aliphatic heterocycles. The predicted octanol–water partition coefficient (Wildman–Crippen LogP) is -0.522. The maximum atomic E-state index is 9.25. The molecular weight excluding hydrogens is 130 g/mol. The molecule has 0 aliphatic carbocycles. The lowest BCUT2D eigenvalue weighted by Crippen LogP contribution is -2.54. The molecule has 0 amide bonds. The van der Waals surface area contributed by atoms with E-state index >= 15 is 0 Å². The molecule has 0 spiro atoms. The van der Waals surface area contributed by atoms with Crippen molar-refractivity contribution < 1.29 is 10.2 Å². The van der Waals surface area contributed by atoms with Gasteiger partial charge < -0.3 is 15.5 Å². The summed E-state index contributed by atoms with van der Waals surface area (Å²) in [5.41, 5.74) is 0. The third-order valence-electron chi connectivity index (χ3n) is 2.05.